The van der Waals surface area contributed by atoms with Crippen LogP contribution in [0.1, 0.15) is 40.5 Å². The van der Waals surface area contributed by atoms with E-state index in [1.54, 1.807) is 0 Å². The van der Waals surface area contributed by atoms with Crippen LogP contribution in [0.3, 0.4) is 0 Å². The molecule has 13 heavy (non-hydrogen) atoms. The minimum atomic E-state index is 0.683. The van der Waals surface area contributed by atoms with Crippen molar-refractivity contribution in [2.45, 2.75) is 40.5 Å². The SMILES string of the molecule is CC(C)COC[C@@H]1C[C@@H]1CC(C)C. The van der Waals surface area contributed by atoms with Crippen molar-refractivity contribution in [3.05, 3.63) is 0 Å². The van der Waals surface area contributed by atoms with E-state index in [4.69, 9.17) is 4.74 Å². The Balaban J connectivity index is 1.95. The van der Waals surface area contributed by atoms with Gasteiger partial charge >= 0.3 is 0 Å². The Morgan fingerprint density at radius 1 is 1.08 bits per heavy atom. The molecule has 0 heterocycles. The molecule has 0 spiro atoms. The van der Waals surface area contributed by atoms with E-state index in [0.29, 0.717) is 5.92 Å². The molecule has 1 aliphatic rings. The fourth-order valence-electron chi connectivity index (χ4n) is 1.86. The molecule has 0 radical (unpaired) electrons. The molecule has 0 aromatic carbocycles. The minimum absolute atomic E-state index is 0.683. The minimum Gasteiger partial charge on any atom is -0.381 e. The number of ether oxygens (including phenoxy) is 1. The van der Waals surface area contributed by atoms with Gasteiger partial charge in [-0.05, 0) is 36.5 Å². The van der Waals surface area contributed by atoms with Gasteiger partial charge in [0.05, 0.1) is 0 Å². The largest absolute Gasteiger partial charge is 0.381 e. The Labute approximate surface area is 82.9 Å². The van der Waals surface area contributed by atoms with Gasteiger partial charge in [0.25, 0.3) is 0 Å². The van der Waals surface area contributed by atoms with Crippen LogP contribution < -0.4 is 0 Å². The lowest BCUT2D eigenvalue weighted by Crippen LogP contribution is -2.05. The second-order valence-corrected chi connectivity index (χ2v) is 5.32. The average molecular weight is 184 g/mol. The fraction of sp³-hybridized carbons (Fsp3) is 1.00. The summed E-state index contributed by atoms with van der Waals surface area (Å²) in [6, 6.07) is 0. The van der Waals surface area contributed by atoms with Crippen molar-refractivity contribution in [3.8, 4) is 0 Å². The van der Waals surface area contributed by atoms with Crippen molar-refractivity contribution in [1.29, 1.82) is 0 Å². The van der Waals surface area contributed by atoms with Crippen molar-refractivity contribution in [2.24, 2.45) is 23.7 Å². The predicted octanol–water partition coefficient (Wildman–Crippen LogP) is 3.34. The van der Waals surface area contributed by atoms with Gasteiger partial charge in [0, 0.05) is 13.2 Å². The summed E-state index contributed by atoms with van der Waals surface area (Å²) in [4.78, 5) is 0. The highest BCUT2D eigenvalue weighted by Crippen LogP contribution is 2.43. The summed E-state index contributed by atoms with van der Waals surface area (Å²) >= 11 is 0. The van der Waals surface area contributed by atoms with Gasteiger partial charge < -0.3 is 4.74 Å². The van der Waals surface area contributed by atoms with Gasteiger partial charge in [0.1, 0.15) is 0 Å². The third-order valence-electron chi connectivity index (χ3n) is 2.63. The first-order valence-electron chi connectivity index (χ1n) is 5.67. The first-order valence-corrected chi connectivity index (χ1v) is 5.67. The molecule has 1 saturated carbocycles. The van der Waals surface area contributed by atoms with E-state index < -0.39 is 0 Å². The summed E-state index contributed by atoms with van der Waals surface area (Å²) in [6.07, 6.45) is 2.81. The van der Waals surface area contributed by atoms with Gasteiger partial charge in [-0.3, -0.25) is 0 Å². The maximum Gasteiger partial charge on any atom is 0.0497 e. The predicted molar refractivity (Wildman–Crippen MR) is 56.7 cm³/mol. The van der Waals surface area contributed by atoms with E-state index in [-0.39, 0.29) is 0 Å². The van der Waals surface area contributed by atoms with Crippen molar-refractivity contribution in [2.75, 3.05) is 13.2 Å². The highest BCUT2D eigenvalue weighted by atomic mass is 16.5. The fourth-order valence-corrected chi connectivity index (χ4v) is 1.86. The molecule has 1 rings (SSSR count). The monoisotopic (exact) mass is 184 g/mol. The molecular weight excluding hydrogens is 160 g/mol. The van der Waals surface area contributed by atoms with Crippen LogP contribution in [0.25, 0.3) is 0 Å². The van der Waals surface area contributed by atoms with Crippen LogP contribution in [0.2, 0.25) is 0 Å². The van der Waals surface area contributed by atoms with Crippen LogP contribution in [0, 0.1) is 23.7 Å². The Morgan fingerprint density at radius 2 is 1.77 bits per heavy atom. The summed E-state index contributed by atoms with van der Waals surface area (Å²) in [6.45, 7) is 11.0. The molecule has 0 aromatic heterocycles. The van der Waals surface area contributed by atoms with Crippen LogP contribution in [0.4, 0.5) is 0 Å². The normalized spacial score (nSPS) is 27.2. The summed E-state index contributed by atoms with van der Waals surface area (Å²) in [5.41, 5.74) is 0. The molecule has 0 saturated heterocycles. The van der Waals surface area contributed by atoms with Crippen molar-refractivity contribution >= 4 is 0 Å². The summed E-state index contributed by atoms with van der Waals surface area (Å²) < 4.78 is 5.63. The molecule has 1 aliphatic carbocycles. The molecule has 1 heteroatoms. The molecule has 0 aliphatic heterocycles. The number of rotatable bonds is 6. The first kappa shape index (κ1) is 11.0. The van der Waals surface area contributed by atoms with Crippen LogP contribution in [-0.4, -0.2) is 13.2 Å². The van der Waals surface area contributed by atoms with Crippen LogP contribution >= 0.6 is 0 Å². The Kier molecular flexibility index (Phi) is 4.24. The van der Waals surface area contributed by atoms with Gasteiger partial charge in [0.2, 0.25) is 0 Å². The van der Waals surface area contributed by atoms with Crippen LogP contribution in [-0.2, 0) is 4.74 Å². The summed E-state index contributed by atoms with van der Waals surface area (Å²) in [7, 11) is 0. The third kappa shape index (κ3) is 4.66. The lowest BCUT2D eigenvalue weighted by atomic mass is 10.1. The van der Waals surface area contributed by atoms with Crippen molar-refractivity contribution in [3.63, 3.8) is 0 Å². The Hall–Kier alpha value is -0.0400. The van der Waals surface area contributed by atoms with E-state index in [0.717, 1.165) is 31.0 Å². The number of hydrogen-bond acceptors (Lipinski definition) is 1. The van der Waals surface area contributed by atoms with Gasteiger partial charge in [-0.1, -0.05) is 27.7 Å². The topological polar surface area (TPSA) is 9.23 Å². The average Bonchev–Trinajstić information content (AvgIpc) is 2.65. The summed E-state index contributed by atoms with van der Waals surface area (Å²) in [5.74, 6) is 3.41. The lowest BCUT2D eigenvalue weighted by molar-refractivity contribution is 0.0974. The van der Waals surface area contributed by atoms with E-state index >= 15 is 0 Å². The zero-order chi connectivity index (χ0) is 9.84. The second-order valence-electron chi connectivity index (χ2n) is 5.32. The molecular formula is C12H24O. The van der Waals surface area contributed by atoms with Gasteiger partial charge in [-0.2, -0.15) is 0 Å². The Morgan fingerprint density at radius 3 is 2.31 bits per heavy atom. The van der Waals surface area contributed by atoms with E-state index in [1.165, 1.54) is 12.8 Å². The summed E-state index contributed by atoms with van der Waals surface area (Å²) in [5, 5.41) is 0. The standard InChI is InChI=1S/C12H24O/c1-9(2)5-11-6-12(11)8-13-7-10(3)4/h9-12H,5-8H2,1-4H3/t11-,12-/m0/s1. The van der Waals surface area contributed by atoms with E-state index in [9.17, 15) is 0 Å². The molecule has 0 aromatic rings. The first-order chi connectivity index (χ1) is 6.09. The molecule has 78 valence electrons. The number of hydrogen-bond donors (Lipinski definition) is 0. The molecule has 0 unspecified atom stereocenters. The molecule has 1 fully saturated rings. The van der Waals surface area contributed by atoms with Gasteiger partial charge in [-0.15, -0.1) is 0 Å². The third-order valence-corrected chi connectivity index (χ3v) is 2.63. The van der Waals surface area contributed by atoms with Crippen molar-refractivity contribution in [1.82, 2.24) is 0 Å². The molecule has 0 bridgehead atoms. The maximum atomic E-state index is 5.63. The van der Waals surface area contributed by atoms with Crippen LogP contribution in [0.15, 0.2) is 0 Å². The lowest BCUT2D eigenvalue weighted by Gasteiger charge is -2.07. The maximum absolute atomic E-state index is 5.63. The molecule has 0 N–H and O–H groups in total. The quantitative estimate of drug-likeness (QED) is 0.615. The van der Waals surface area contributed by atoms with Crippen molar-refractivity contribution < 1.29 is 4.74 Å². The second kappa shape index (κ2) is 4.99. The van der Waals surface area contributed by atoms with E-state index in [1.807, 2.05) is 0 Å². The Bertz CT molecular complexity index is 140. The molecule has 2 atom stereocenters. The van der Waals surface area contributed by atoms with Gasteiger partial charge in [-0.25, -0.2) is 0 Å². The highest BCUT2D eigenvalue weighted by Gasteiger charge is 2.36. The molecule has 0 amide bonds. The smallest absolute Gasteiger partial charge is 0.0497 e. The van der Waals surface area contributed by atoms with Crippen LogP contribution in [0.5, 0.6) is 0 Å². The zero-order valence-electron chi connectivity index (χ0n) is 9.55. The van der Waals surface area contributed by atoms with E-state index in [2.05, 4.69) is 27.7 Å². The van der Waals surface area contributed by atoms with Gasteiger partial charge in [0.15, 0.2) is 0 Å². The highest BCUT2D eigenvalue weighted by molar-refractivity contribution is 4.86. The molecule has 1 nitrogen and oxygen atoms in total. The zero-order valence-corrected chi connectivity index (χ0v) is 9.55.